The molecule has 1 saturated heterocycles. The molecule has 2 aliphatic rings. The Morgan fingerprint density at radius 3 is 2.63 bits per heavy atom. The Kier molecular flexibility index (Phi) is 5.91. The molecule has 1 aromatic heterocycles. The summed E-state index contributed by atoms with van der Waals surface area (Å²) in [6.07, 6.45) is 2.92. The number of nitrogens with one attached hydrogen (secondary N) is 1. The lowest BCUT2D eigenvalue weighted by atomic mass is 9.58. The number of hydrogen-bond donors (Lipinski definition) is 2. The monoisotopic (exact) mass is 480 g/mol. The van der Waals surface area contributed by atoms with Crippen molar-refractivity contribution < 1.29 is 23.4 Å². The predicted octanol–water partition coefficient (Wildman–Crippen LogP) is 6.76. The molecule has 2 heterocycles. The summed E-state index contributed by atoms with van der Waals surface area (Å²) >= 11 is 0. The topological polar surface area (TPSA) is 65.6 Å². The molecule has 2 fully saturated rings. The summed E-state index contributed by atoms with van der Waals surface area (Å²) in [4.78, 5) is 17.2. The van der Waals surface area contributed by atoms with Crippen molar-refractivity contribution in [3.05, 3.63) is 76.0 Å². The van der Waals surface area contributed by atoms with E-state index >= 15 is 0 Å². The molecule has 0 amide bonds. The van der Waals surface area contributed by atoms with Gasteiger partial charge in [0.05, 0.1) is 12.7 Å². The van der Waals surface area contributed by atoms with Crippen molar-refractivity contribution in [3.63, 3.8) is 0 Å². The van der Waals surface area contributed by atoms with Gasteiger partial charge in [-0.25, -0.2) is 4.79 Å². The fourth-order valence-electron chi connectivity index (χ4n) is 6.15. The average molecular weight is 481 g/mol. The Hall–Kier alpha value is -3.19. The van der Waals surface area contributed by atoms with Crippen LogP contribution in [0.25, 0.3) is 10.9 Å². The molecule has 3 aromatic rings. The van der Waals surface area contributed by atoms with Crippen molar-refractivity contribution in [2.24, 2.45) is 5.41 Å². The highest BCUT2D eigenvalue weighted by atomic mass is 19.3. The van der Waals surface area contributed by atoms with Gasteiger partial charge in [-0.05, 0) is 98.0 Å². The summed E-state index contributed by atoms with van der Waals surface area (Å²) in [6, 6.07) is 9.37. The van der Waals surface area contributed by atoms with Crippen LogP contribution in [0.3, 0.4) is 0 Å². The molecule has 184 valence electrons. The number of aromatic carboxylic acids is 1. The van der Waals surface area contributed by atoms with Crippen molar-refractivity contribution >= 4 is 16.9 Å². The second-order valence-electron chi connectivity index (χ2n) is 10.2. The molecule has 5 nitrogen and oxygen atoms in total. The summed E-state index contributed by atoms with van der Waals surface area (Å²) in [5, 5.41) is 10.5. The standard InChI is InChI=1S/C28H30F2N2O3/c1-16-10-18(27(33)34)4-5-20(16)23-14-28(12-19(13-28)26(29)30)7-9-32(23)15-22-21-6-8-31-25(21)17(2)11-24(22)35-3/h4-6,8,10-11,23,31H,7,9,12-15H2,1-3H3,(H,33,34). The van der Waals surface area contributed by atoms with Crippen LogP contribution in [0.15, 0.2) is 48.2 Å². The van der Waals surface area contributed by atoms with E-state index in [9.17, 15) is 18.7 Å². The van der Waals surface area contributed by atoms with Gasteiger partial charge in [-0.3, -0.25) is 4.90 Å². The molecule has 2 N–H and O–H groups in total. The molecule has 7 heteroatoms. The molecule has 1 atom stereocenters. The van der Waals surface area contributed by atoms with Gasteiger partial charge in [0.15, 0.2) is 0 Å². The number of aryl methyl sites for hydroxylation is 2. The number of methoxy groups -OCH3 is 1. The maximum absolute atomic E-state index is 13.2. The van der Waals surface area contributed by atoms with Crippen molar-refractivity contribution in [1.82, 2.24) is 9.88 Å². The summed E-state index contributed by atoms with van der Waals surface area (Å²) in [5.41, 5.74) is 5.67. The van der Waals surface area contributed by atoms with Crippen LogP contribution < -0.4 is 4.74 Å². The van der Waals surface area contributed by atoms with Gasteiger partial charge in [-0.15, -0.1) is 0 Å². The molecule has 1 aliphatic carbocycles. The number of rotatable bonds is 5. The number of aromatic amines is 1. The van der Waals surface area contributed by atoms with E-state index < -0.39 is 12.0 Å². The van der Waals surface area contributed by atoms with Crippen LogP contribution in [-0.2, 0) is 6.54 Å². The summed E-state index contributed by atoms with van der Waals surface area (Å²) in [6.45, 7) is 5.41. The van der Waals surface area contributed by atoms with Crippen molar-refractivity contribution in [3.8, 4) is 5.75 Å². The van der Waals surface area contributed by atoms with E-state index in [1.807, 2.05) is 19.2 Å². The smallest absolute Gasteiger partial charge is 0.335 e. The van der Waals surface area contributed by atoms with E-state index in [4.69, 9.17) is 4.74 Å². The molecule has 1 unspecified atom stereocenters. The number of halogens is 2. The van der Waals surface area contributed by atoms with Gasteiger partial charge in [0, 0.05) is 35.2 Å². The second kappa shape index (κ2) is 8.79. The van der Waals surface area contributed by atoms with Crippen LogP contribution >= 0.6 is 0 Å². The minimum absolute atomic E-state index is 0.00387. The van der Waals surface area contributed by atoms with Crippen LogP contribution in [0.2, 0.25) is 0 Å². The first-order valence-corrected chi connectivity index (χ1v) is 12.0. The van der Waals surface area contributed by atoms with Gasteiger partial charge in [-0.2, -0.15) is 8.78 Å². The SMILES string of the molecule is COc1cc(C)c2[nH]ccc2c1CN1CCC2(CC(=C(F)F)C2)CC1c1ccc(C(=O)O)cc1C. The molecule has 1 spiro atoms. The molecule has 2 aromatic carbocycles. The fraction of sp³-hybridized carbons (Fsp3) is 0.393. The lowest BCUT2D eigenvalue weighted by Crippen LogP contribution is -2.46. The van der Waals surface area contributed by atoms with Crippen LogP contribution in [-0.4, -0.2) is 34.6 Å². The third-order valence-corrected chi connectivity index (χ3v) is 8.01. The Morgan fingerprint density at radius 2 is 1.97 bits per heavy atom. The van der Waals surface area contributed by atoms with Gasteiger partial charge in [0.25, 0.3) is 6.08 Å². The van der Waals surface area contributed by atoms with Crippen molar-refractivity contribution in [2.75, 3.05) is 13.7 Å². The van der Waals surface area contributed by atoms with Crippen molar-refractivity contribution in [2.45, 2.75) is 52.1 Å². The second-order valence-corrected chi connectivity index (χ2v) is 10.2. The molecule has 0 radical (unpaired) electrons. The molecule has 35 heavy (non-hydrogen) atoms. The Morgan fingerprint density at radius 1 is 1.20 bits per heavy atom. The van der Waals surface area contributed by atoms with Crippen molar-refractivity contribution in [1.29, 1.82) is 0 Å². The number of benzene rings is 2. The number of carbonyl (C=O) groups is 1. The number of carboxylic acids is 1. The van der Waals surface area contributed by atoms with E-state index in [0.717, 1.165) is 58.3 Å². The first kappa shape index (κ1) is 23.5. The Labute approximate surface area is 203 Å². The van der Waals surface area contributed by atoms with Gasteiger partial charge in [0.2, 0.25) is 0 Å². The largest absolute Gasteiger partial charge is 0.496 e. The highest BCUT2D eigenvalue weighted by Gasteiger charge is 2.48. The highest BCUT2D eigenvalue weighted by molar-refractivity contribution is 5.88. The van der Waals surface area contributed by atoms with Gasteiger partial charge in [-0.1, -0.05) is 6.07 Å². The van der Waals surface area contributed by atoms with Gasteiger partial charge >= 0.3 is 5.97 Å². The van der Waals surface area contributed by atoms with Crippen LogP contribution in [0.1, 0.15) is 64.3 Å². The number of H-pyrrole nitrogens is 1. The molecular weight excluding hydrogens is 450 g/mol. The van der Waals surface area contributed by atoms with E-state index in [1.54, 1.807) is 19.2 Å². The van der Waals surface area contributed by atoms with E-state index in [2.05, 4.69) is 28.9 Å². The lowest BCUT2D eigenvalue weighted by Gasteiger charge is -2.53. The number of nitrogens with zero attached hydrogens (tertiary/aromatic N) is 1. The summed E-state index contributed by atoms with van der Waals surface area (Å²) < 4.78 is 32.2. The number of likely N-dealkylation sites (tertiary alicyclic amines) is 1. The van der Waals surface area contributed by atoms with E-state index in [-0.39, 0.29) is 22.6 Å². The predicted molar refractivity (Wildman–Crippen MR) is 131 cm³/mol. The minimum Gasteiger partial charge on any atom is -0.496 e. The number of aromatic nitrogens is 1. The number of piperidine rings is 1. The van der Waals surface area contributed by atoms with Crippen LogP contribution in [0.5, 0.6) is 5.75 Å². The first-order chi connectivity index (χ1) is 16.7. The number of carboxylic acid groups (broad SMARTS) is 1. The number of allylic oxidation sites excluding steroid dienone is 1. The van der Waals surface area contributed by atoms with Gasteiger partial charge < -0.3 is 14.8 Å². The fourth-order valence-corrected chi connectivity index (χ4v) is 6.15. The first-order valence-electron chi connectivity index (χ1n) is 12.0. The zero-order valence-corrected chi connectivity index (χ0v) is 20.3. The average Bonchev–Trinajstić information content (AvgIpc) is 3.30. The molecule has 1 aliphatic heterocycles. The molecule has 5 rings (SSSR count). The maximum Gasteiger partial charge on any atom is 0.335 e. The Balaban J connectivity index is 1.54. The van der Waals surface area contributed by atoms with E-state index in [0.29, 0.717) is 19.4 Å². The summed E-state index contributed by atoms with van der Waals surface area (Å²) in [5.74, 6) is -0.122. The highest BCUT2D eigenvalue weighted by Crippen LogP contribution is 2.58. The number of hydrogen-bond acceptors (Lipinski definition) is 3. The third kappa shape index (κ3) is 4.12. The number of ether oxygens (including phenoxy) is 1. The minimum atomic E-state index is -1.53. The normalized spacial score (nSPS) is 22.4. The van der Waals surface area contributed by atoms with Gasteiger partial charge in [0.1, 0.15) is 5.75 Å². The maximum atomic E-state index is 13.2. The zero-order chi connectivity index (χ0) is 24.9. The van der Waals surface area contributed by atoms with E-state index in [1.165, 1.54) is 0 Å². The van der Waals surface area contributed by atoms with Crippen LogP contribution in [0, 0.1) is 19.3 Å². The number of fused-ring (bicyclic) bond motifs is 1. The molecular formula is C28H30F2N2O3. The molecule has 1 saturated carbocycles. The molecule has 0 bridgehead atoms. The van der Waals surface area contributed by atoms with Crippen LogP contribution in [0.4, 0.5) is 8.78 Å². The Bertz CT molecular complexity index is 1330. The quantitative estimate of drug-likeness (QED) is 0.423. The lowest BCUT2D eigenvalue weighted by molar-refractivity contribution is 0.0137. The summed E-state index contributed by atoms with van der Waals surface area (Å²) in [7, 11) is 1.68. The third-order valence-electron chi connectivity index (χ3n) is 8.01. The zero-order valence-electron chi connectivity index (χ0n) is 20.3.